The molecule has 10 saturated carbocycles. The van der Waals surface area contributed by atoms with E-state index >= 15 is 0 Å². The number of fused-ring (bicyclic) bond motifs is 1. The smallest absolute Gasteiger partial charge is 0.0714 e. The molecule has 2 N–H and O–H groups in total. The second-order valence-corrected chi connectivity index (χ2v) is 11.2. The molecule has 2 heteroatoms. The van der Waals surface area contributed by atoms with Gasteiger partial charge in [0, 0.05) is 0 Å². The van der Waals surface area contributed by atoms with Gasteiger partial charge in [-0.3, -0.25) is 0 Å². The van der Waals surface area contributed by atoms with Crippen LogP contribution in [0.2, 0.25) is 0 Å². The minimum Gasteiger partial charge on any atom is -0.390 e. The monoisotopic (exact) mass is 300 g/mol. The standard InChI is InChI=1S/C20H28O2/c1-17-4-11-10-6-20(22)13-7-18(21)2-3-19(9-17,15(11)13)16(12(10)5-17)14(20)8-18/h10-16,21-22H,2-9H2,1H3. The number of rotatable bonds is 0. The molecule has 120 valence electrons. The molecular formula is C20H28O2. The normalized spacial score (nSPS) is 78.4. The van der Waals surface area contributed by atoms with Gasteiger partial charge in [0.15, 0.2) is 0 Å². The van der Waals surface area contributed by atoms with Crippen molar-refractivity contribution in [1.82, 2.24) is 0 Å². The lowest BCUT2D eigenvalue weighted by atomic mass is 9.23. The van der Waals surface area contributed by atoms with Crippen LogP contribution in [0, 0.1) is 52.3 Å². The van der Waals surface area contributed by atoms with Crippen molar-refractivity contribution >= 4 is 0 Å². The average molecular weight is 300 g/mol. The van der Waals surface area contributed by atoms with Gasteiger partial charge in [0.2, 0.25) is 0 Å². The molecule has 1 spiro atoms. The molecule has 0 heterocycles. The van der Waals surface area contributed by atoms with E-state index in [0.29, 0.717) is 22.7 Å². The molecule has 22 heavy (non-hydrogen) atoms. The van der Waals surface area contributed by atoms with E-state index in [1.54, 1.807) is 0 Å². The zero-order valence-corrected chi connectivity index (χ0v) is 13.6. The number of aliphatic hydroxyl groups is 2. The molecular weight excluding hydrogens is 272 g/mol. The first-order valence-corrected chi connectivity index (χ1v) is 9.83. The van der Waals surface area contributed by atoms with E-state index in [0.717, 1.165) is 55.3 Å². The van der Waals surface area contributed by atoms with E-state index in [1.165, 1.54) is 25.7 Å². The summed E-state index contributed by atoms with van der Waals surface area (Å²) in [5.74, 6) is 4.99. The summed E-state index contributed by atoms with van der Waals surface area (Å²) >= 11 is 0. The molecule has 10 aliphatic carbocycles. The Morgan fingerprint density at radius 3 is 2.05 bits per heavy atom. The van der Waals surface area contributed by atoms with Crippen LogP contribution in [0.4, 0.5) is 0 Å². The average Bonchev–Trinajstić information content (AvgIpc) is 2.61. The predicted octanol–water partition coefficient (Wildman–Crippen LogP) is 2.97. The Kier molecular flexibility index (Phi) is 1.66. The van der Waals surface area contributed by atoms with Gasteiger partial charge in [0.05, 0.1) is 11.2 Å². The van der Waals surface area contributed by atoms with Crippen LogP contribution in [0.15, 0.2) is 0 Å². The zero-order chi connectivity index (χ0) is 14.7. The SMILES string of the molecule is CC12CC3C4CC5(O)C6CC7(O)CCC(C1)(C36)C(C4C2)C5C7. The largest absolute Gasteiger partial charge is 0.390 e. The Hall–Kier alpha value is -0.0800. The van der Waals surface area contributed by atoms with Crippen molar-refractivity contribution in [2.75, 3.05) is 0 Å². The summed E-state index contributed by atoms with van der Waals surface area (Å²) in [5, 5.41) is 23.0. The molecule has 0 aliphatic heterocycles. The first kappa shape index (κ1) is 12.3. The lowest BCUT2D eigenvalue weighted by Crippen LogP contribution is -2.80. The fourth-order valence-corrected chi connectivity index (χ4v) is 10.8. The molecule has 10 aliphatic rings. The van der Waals surface area contributed by atoms with Crippen LogP contribution in [0.5, 0.6) is 0 Å². The first-order valence-electron chi connectivity index (χ1n) is 9.83. The van der Waals surface area contributed by atoms with Gasteiger partial charge in [-0.25, -0.2) is 0 Å². The molecule has 2 nitrogen and oxygen atoms in total. The van der Waals surface area contributed by atoms with E-state index in [-0.39, 0.29) is 0 Å². The lowest BCUT2D eigenvalue weighted by Gasteiger charge is -2.82. The van der Waals surface area contributed by atoms with E-state index in [1.807, 2.05) is 0 Å². The van der Waals surface area contributed by atoms with Crippen molar-refractivity contribution in [2.24, 2.45) is 52.3 Å². The Morgan fingerprint density at radius 1 is 0.773 bits per heavy atom. The van der Waals surface area contributed by atoms with E-state index in [9.17, 15) is 10.2 Å². The van der Waals surface area contributed by atoms with Gasteiger partial charge in [0.25, 0.3) is 0 Å². The van der Waals surface area contributed by atoms with Crippen LogP contribution >= 0.6 is 0 Å². The lowest BCUT2D eigenvalue weighted by molar-refractivity contribution is -0.373. The third kappa shape index (κ3) is 0.966. The third-order valence-electron chi connectivity index (χ3n) is 10.5. The van der Waals surface area contributed by atoms with Crippen molar-refractivity contribution in [3.05, 3.63) is 0 Å². The summed E-state index contributed by atoms with van der Waals surface area (Å²) in [5.41, 5.74) is 0.284. The fraction of sp³-hybridized carbons (Fsp3) is 1.00. The predicted molar refractivity (Wildman–Crippen MR) is 81.8 cm³/mol. The summed E-state index contributed by atoms with van der Waals surface area (Å²) in [6, 6.07) is 0. The molecule has 0 saturated heterocycles. The summed E-state index contributed by atoms with van der Waals surface area (Å²) in [6.45, 7) is 2.58. The second-order valence-electron chi connectivity index (χ2n) is 11.2. The summed E-state index contributed by atoms with van der Waals surface area (Å²) in [4.78, 5) is 0. The molecule has 0 aromatic rings. The van der Waals surface area contributed by atoms with Gasteiger partial charge in [-0.05, 0) is 104 Å². The van der Waals surface area contributed by atoms with Crippen LogP contribution in [-0.2, 0) is 0 Å². The van der Waals surface area contributed by atoms with Crippen molar-refractivity contribution in [3.63, 3.8) is 0 Å². The summed E-state index contributed by atoms with van der Waals surface area (Å²) < 4.78 is 0. The minimum atomic E-state index is -0.430. The highest BCUT2D eigenvalue weighted by molar-refractivity contribution is 5.31. The van der Waals surface area contributed by atoms with Gasteiger partial charge in [0.1, 0.15) is 0 Å². The Morgan fingerprint density at radius 2 is 1.41 bits per heavy atom. The highest BCUT2D eigenvalue weighted by Gasteiger charge is 2.82. The topological polar surface area (TPSA) is 40.5 Å². The number of hydrogen-bond acceptors (Lipinski definition) is 2. The van der Waals surface area contributed by atoms with Crippen molar-refractivity contribution < 1.29 is 10.2 Å². The molecule has 0 amide bonds. The second kappa shape index (κ2) is 2.96. The quantitative estimate of drug-likeness (QED) is 0.722. The molecule has 6 atom stereocenters. The van der Waals surface area contributed by atoms with Crippen LogP contribution in [0.1, 0.15) is 58.3 Å². The van der Waals surface area contributed by atoms with Crippen molar-refractivity contribution in [3.8, 4) is 0 Å². The summed E-state index contributed by atoms with van der Waals surface area (Å²) in [6.07, 6.45) is 9.53. The molecule has 11 bridgehead atoms. The third-order valence-corrected chi connectivity index (χ3v) is 10.5. The van der Waals surface area contributed by atoms with Crippen LogP contribution in [0.25, 0.3) is 0 Å². The Balaban J connectivity index is 1.56. The van der Waals surface area contributed by atoms with Crippen LogP contribution in [-0.4, -0.2) is 21.4 Å². The van der Waals surface area contributed by atoms with Gasteiger partial charge >= 0.3 is 0 Å². The number of hydrogen-bond donors (Lipinski definition) is 2. The van der Waals surface area contributed by atoms with Crippen molar-refractivity contribution in [1.29, 1.82) is 0 Å². The maximum Gasteiger partial charge on any atom is 0.0714 e. The maximum absolute atomic E-state index is 11.7. The zero-order valence-electron chi connectivity index (χ0n) is 13.6. The van der Waals surface area contributed by atoms with E-state index < -0.39 is 11.2 Å². The van der Waals surface area contributed by atoms with E-state index in [2.05, 4.69) is 6.92 Å². The molecule has 0 radical (unpaired) electrons. The van der Waals surface area contributed by atoms with Crippen LogP contribution in [0.3, 0.4) is 0 Å². The maximum atomic E-state index is 11.7. The van der Waals surface area contributed by atoms with E-state index in [4.69, 9.17) is 0 Å². The fourth-order valence-electron chi connectivity index (χ4n) is 10.8. The summed E-state index contributed by atoms with van der Waals surface area (Å²) in [7, 11) is 0. The highest BCUT2D eigenvalue weighted by atomic mass is 16.3. The minimum absolute atomic E-state index is 0.391. The Bertz CT molecular complexity index is 577. The van der Waals surface area contributed by atoms with Crippen molar-refractivity contribution in [2.45, 2.75) is 69.5 Å². The molecule has 0 aromatic carbocycles. The molecule has 0 aromatic heterocycles. The molecule has 10 rings (SSSR count). The highest BCUT2D eigenvalue weighted by Crippen LogP contribution is 2.85. The first-order chi connectivity index (χ1) is 10.4. The van der Waals surface area contributed by atoms with Gasteiger partial charge in [-0.1, -0.05) is 6.92 Å². The van der Waals surface area contributed by atoms with Gasteiger partial charge < -0.3 is 10.2 Å². The molecule has 6 unspecified atom stereocenters. The van der Waals surface area contributed by atoms with Crippen LogP contribution < -0.4 is 0 Å². The molecule has 10 fully saturated rings. The van der Waals surface area contributed by atoms with Gasteiger partial charge in [-0.15, -0.1) is 0 Å². The van der Waals surface area contributed by atoms with Gasteiger partial charge in [-0.2, -0.15) is 0 Å². The Labute approximate surface area is 132 Å².